The number of nitrogens with one attached hydrogen (secondary N) is 2. The predicted molar refractivity (Wildman–Crippen MR) is 85.9 cm³/mol. The molecular formula is C15H18N2O4S. The Labute approximate surface area is 134 Å². The van der Waals surface area contributed by atoms with E-state index in [1.807, 2.05) is 12.1 Å². The summed E-state index contributed by atoms with van der Waals surface area (Å²) in [5, 5.41) is 6.45. The number of ether oxygens (including phenoxy) is 3. The molecule has 1 aliphatic heterocycles. The minimum atomic E-state index is -0.480. The van der Waals surface area contributed by atoms with Crippen LogP contribution in [0.25, 0.3) is 0 Å². The summed E-state index contributed by atoms with van der Waals surface area (Å²) in [6, 6.07) is 4.98. The van der Waals surface area contributed by atoms with Crippen molar-refractivity contribution in [2.45, 2.75) is 13.0 Å². The molecule has 0 amide bonds. The normalized spacial score (nSPS) is 17.5. The molecule has 0 fully saturated rings. The zero-order chi connectivity index (χ0) is 16.3. The van der Waals surface area contributed by atoms with Crippen molar-refractivity contribution in [1.29, 1.82) is 0 Å². The van der Waals surface area contributed by atoms with Crippen LogP contribution in [0, 0.1) is 0 Å². The van der Waals surface area contributed by atoms with Crippen LogP contribution in [0.3, 0.4) is 0 Å². The Hall–Kier alpha value is -2.28. The van der Waals surface area contributed by atoms with Gasteiger partial charge >= 0.3 is 5.97 Å². The summed E-state index contributed by atoms with van der Waals surface area (Å²) in [7, 11) is 4.45. The van der Waals surface area contributed by atoms with Gasteiger partial charge in [0.15, 0.2) is 16.6 Å². The van der Waals surface area contributed by atoms with E-state index in [-0.39, 0.29) is 0 Å². The molecular weight excluding hydrogens is 304 g/mol. The van der Waals surface area contributed by atoms with Crippen molar-refractivity contribution < 1.29 is 19.0 Å². The highest BCUT2D eigenvalue weighted by Crippen LogP contribution is 2.38. The quantitative estimate of drug-likeness (QED) is 0.645. The van der Waals surface area contributed by atoms with Crippen LogP contribution in [0.5, 0.6) is 11.5 Å². The van der Waals surface area contributed by atoms with Crippen molar-refractivity contribution in [1.82, 2.24) is 10.6 Å². The minimum Gasteiger partial charge on any atom is -0.493 e. The molecule has 1 atom stereocenters. The summed E-state index contributed by atoms with van der Waals surface area (Å²) in [6.45, 7) is 1.78. The van der Waals surface area contributed by atoms with Crippen LogP contribution in [0.2, 0.25) is 0 Å². The van der Waals surface area contributed by atoms with E-state index in [0.29, 0.717) is 27.9 Å². The average Bonchev–Trinajstić information content (AvgIpc) is 2.52. The first-order valence-corrected chi connectivity index (χ1v) is 7.01. The van der Waals surface area contributed by atoms with Gasteiger partial charge in [0.25, 0.3) is 0 Å². The van der Waals surface area contributed by atoms with Gasteiger partial charge in [0.1, 0.15) is 0 Å². The number of rotatable bonds is 4. The number of carbonyl (C=O) groups is 1. The second-order valence-corrected chi connectivity index (χ2v) is 5.05. The molecule has 7 heteroatoms. The zero-order valence-electron chi connectivity index (χ0n) is 12.9. The van der Waals surface area contributed by atoms with E-state index in [1.54, 1.807) is 27.2 Å². The topological polar surface area (TPSA) is 68.8 Å². The Bertz CT molecular complexity index is 642. The minimum absolute atomic E-state index is 0.431. The summed E-state index contributed by atoms with van der Waals surface area (Å²) >= 11 is 5.20. The van der Waals surface area contributed by atoms with E-state index < -0.39 is 12.0 Å². The molecule has 1 aliphatic rings. The fourth-order valence-corrected chi connectivity index (χ4v) is 2.72. The van der Waals surface area contributed by atoms with Crippen LogP contribution in [-0.2, 0) is 9.53 Å². The first kappa shape index (κ1) is 16.1. The lowest BCUT2D eigenvalue weighted by Crippen LogP contribution is -2.45. The molecule has 0 spiro atoms. The average molecular weight is 322 g/mol. The lowest BCUT2D eigenvalue weighted by molar-refractivity contribution is -0.136. The maximum absolute atomic E-state index is 12.1. The van der Waals surface area contributed by atoms with Gasteiger partial charge < -0.3 is 24.8 Å². The summed E-state index contributed by atoms with van der Waals surface area (Å²) in [5.74, 6) is 0.685. The van der Waals surface area contributed by atoms with E-state index >= 15 is 0 Å². The van der Waals surface area contributed by atoms with Crippen molar-refractivity contribution in [3.8, 4) is 11.5 Å². The van der Waals surface area contributed by atoms with E-state index in [1.165, 1.54) is 7.11 Å². The Morgan fingerprint density at radius 3 is 2.55 bits per heavy atom. The van der Waals surface area contributed by atoms with Gasteiger partial charge in [-0.1, -0.05) is 12.1 Å². The third-order valence-corrected chi connectivity index (χ3v) is 3.64. The lowest BCUT2D eigenvalue weighted by atomic mass is 9.94. The monoisotopic (exact) mass is 322 g/mol. The molecule has 118 valence electrons. The number of allylic oxidation sites excluding steroid dienone is 1. The Morgan fingerprint density at radius 2 is 1.95 bits per heavy atom. The van der Waals surface area contributed by atoms with Crippen LogP contribution < -0.4 is 20.1 Å². The molecule has 0 bridgehead atoms. The van der Waals surface area contributed by atoms with Crippen LogP contribution in [-0.4, -0.2) is 32.4 Å². The number of hydrogen-bond acceptors (Lipinski definition) is 5. The number of esters is 1. The molecule has 0 saturated heterocycles. The maximum Gasteiger partial charge on any atom is 0.337 e. The smallest absolute Gasteiger partial charge is 0.337 e. The molecule has 0 radical (unpaired) electrons. The second-order valence-electron chi connectivity index (χ2n) is 4.64. The van der Waals surface area contributed by atoms with Crippen molar-refractivity contribution in [2.75, 3.05) is 21.3 Å². The molecule has 0 unspecified atom stereocenters. The lowest BCUT2D eigenvalue weighted by Gasteiger charge is -2.30. The highest BCUT2D eigenvalue weighted by molar-refractivity contribution is 7.80. The third kappa shape index (κ3) is 2.85. The molecule has 0 aliphatic carbocycles. The third-order valence-electron chi connectivity index (χ3n) is 3.42. The van der Waals surface area contributed by atoms with Gasteiger partial charge in [0.05, 0.1) is 32.9 Å². The zero-order valence-corrected chi connectivity index (χ0v) is 13.7. The molecule has 2 rings (SSSR count). The summed E-state index contributed by atoms with van der Waals surface area (Å²) in [5.41, 5.74) is 1.83. The Kier molecular flexibility index (Phi) is 4.87. The van der Waals surface area contributed by atoms with Crippen LogP contribution in [0.4, 0.5) is 0 Å². The number of methoxy groups -OCH3 is 3. The molecule has 1 heterocycles. The van der Waals surface area contributed by atoms with Gasteiger partial charge in [-0.3, -0.25) is 0 Å². The van der Waals surface area contributed by atoms with Crippen LogP contribution >= 0.6 is 12.2 Å². The van der Waals surface area contributed by atoms with E-state index in [0.717, 1.165) is 5.56 Å². The predicted octanol–water partition coefficient (Wildman–Crippen LogP) is 1.67. The van der Waals surface area contributed by atoms with Crippen molar-refractivity contribution in [3.63, 3.8) is 0 Å². The fraction of sp³-hybridized carbons (Fsp3) is 0.333. The number of carbonyl (C=O) groups excluding carboxylic acids is 1. The maximum atomic E-state index is 12.1. The Morgan fingerprint density at radius 1 is 1.23 bits per heavy atom. The molecule has 6 nitrogen and oxygen atoms in total. The molecule has 0 aromatic heterocycles. The molecule has 0 saturated carbocycles. The highest BCUT2D eigenvalue weighted by atomic mass is 32.1. The number of para-hydroxylation sites is 1. The summed E-state index contributed by atoms with van der Waals surface area (Å²) in [4.78, 5) is 12.1. The number of hydrogen-bond donors (Lipinski definition) is 2. The SMILES string of the molecule is COC(=O)C1=C(C)NC(=S)N[C@H]1c1cccc(OC)c1OC. The fourth-order valence-electron chi connectivity index (χ4n) is 2.45. The van der Waals surface area contributed by atoms with Crippen molar-refractivity contribution >= 4 is 23.3 Å². The molecule has 1 aromatic rings. The van der Waals surface area contributed by atoms with Gasteiger partial charge in [0.2, 0.25) is 0 Å². The van der Waals surface area contributed by atoms with Gasteiger partial charge in [-0.15, -0.1) is 0 Å². The van der Waals surface area contributed by atoms with Crippen LogP contribution in [0.15, 0.2) is 29.5 Å². The second kappa shape index (κ2) is 6.65. The largest absolute Gasteiger partial charge is 0.493 e. The standard InChI is InChI=1S/C15H18N2O4S/c1-8-11(14(18)21-4)12(17-15(22)16-8)9-6-5-7-10(19-2)13(9)20-3/h5-7,12H,1-4H3,(H2,16,17,22)/t12-/m0/s1. The van der Waals surface area contributed by atoms with Crippen LogP contribution in [0.1, 0.15) is 18.5 Å². The van der Waals surface area contributed by atoms with Gasteiger partial charge in [-0.25, -0.2) is 4.79 Å². The summed E-state index contributed by atoms with van der Waals surface area (Å²) in [6.07, 6.45) is 0. The van der Waals surface area contributed by atoms with E-state index in [2.05, 4.69) is 10.6 Å². The summed E-state index contributed by atoms with van der Waals surface area (Å²) < 4.78 is 15.6. The highest BCUT2D eigenvalue weighted by Gasteiger charge is 2.33. The van der Waals surface area contributed by atoms with Gasteiger partial charge in [-0.05, 0) is 25.2 Å². The number of benzene rings is 1. The van der Waals surface area contributed by atoms with E-state index in [4.69, 9.17) is 26.4 Å². The van der Waals surface area contributed by atoms with E-state index in [9.17, 15) is 4.79 Å². The van der Waals surface area contributed by atoms with Gasteiger partial charge in [-0.2, -0.15) is 0 Å². The van der Waals surface area contributed by atoms with Gasteiger partial charge in [0, 0.05) is 11.3 Å². The van der Waals surface area contributed by atoms with Crippen molar-refractivity contribution in [3.05, 3.63) is 35.0 Å². The first-order chi connectivity index (χ1) is 10.5. The molecule has 22 heavy (non-hydrogen) atoms. The number of thiocarbonyl (C=S) groups is 1. The Balaban J connectivity index is 2.60. The first-order valence-electron chi connectivity index (χ1n) is 6.61. The molecule has 2 N–H and O–H groups in total. The molecule has 1 aromatic carbocycles. The van der Waals surface area contributed by atoms with Crippen molar-refractivity contribution in [2.24, 2.45) is 0 Å².